The molecule has 0 radical (unpaired) electrons. The van der Waals surface area contributed by atoms with E-state index in [1.807, 2.05) is 25.1 Å². The van der Waals surface area contributed by atoms with E-state index in [1.54, 1.807) is 24.3 Å². The number of aliphatic hydroxyl groups excluding tert-OH is 1. The molecule has 0 spiro atoms. The summed E-state index contributed by atoms with van der Waals surface area (Å²) in [6.45, 7) is 3.54. The van der Waals surface area contributed by atoms with Crippen molar-refractivity contribution in [2.24, 2.45) is 0 Å². The minimum absolute atomic E-state index is 0.0363. The number of likely N-dealkylation sites (tertiary alicyclic amines) is 1. The van der Waals surface area contributed by atoms with Crippen LogP contribution in [0.5, 0.6) is 5.75 Å². The van der Waals surface area contributed by atoms with E-state index in [2.05, 4.69) is 17.0 Å². The standard InChI is InChI=1S/C21H27NO3/c1-16(20(24)18-7-9-19(23)10-8-18)22-13-11-21(25,12-14-22)15-17-5-3-2-4-6-17/h2-10,16,20,23-25H,11-15H2,1H3/t16-,20-/m0/s1. The van der Waals surface area contributed by atoms with E-state index in [0.29, 0.717) is 19.3 Å². The summed E-state index contributed by atoms with van der Waals surface area (Å²) in [4.78, 5) is 2.23. The smallest absolute Gasteiger partial charge is 0.115 e. The van der Waals surface area contributed by atoms with Gasteiger partial charge in [0, 0.05) is 25.6 Å². The number of phenolic OH excluding ortho intramolecular Hbond substituents is 1. The summed E-state index contributed by atoms with van der Waals surface area (Å²) in [6.07, 6.45) is 1.47. The molecule has 2 atom stereocenters. The third kappa shape index (κ3) is 4.40. The van der Waals surface area contributed by atoms with Gasteiger partial charge in [0.25, 0.3) is 0 Å². The van der Waals surface area contributed by atoms with Crippen LogP contribution in [0.3, 0.4) is 0 Å². The van der Waals surface area contributed by atoms with Gasteiger partial charge in [-0.05, 0) is 43.0 Å². The molecule has 1 saturated heterocycles. The Labute approximate surface area is 149 Å². The zero-order chi connectivity index (χ0) is 17.9. The molecular weight excluding hydrogens is 314 g/mol. The van der Waals surface area contributed by atoms with Crippen molar-refractivity contribution >= 4 is 0 Å². The second kappa shape index (κ2) is 7.56. The Kier molecular flexibility index (Phi) is 5.42. The zero-order valence-electron chi connectivity index (χ0n) is 14.7. The molecule has 3 rings (SSSR count). The Morgan fingerprint density at radius 1 is 1.00 bits per heavy atom. The first-order chi connectivity index (χ1) is 12.0. The first kappa shape index (κ1) is 17.9. The molecule has 3 N–H and O–H groups in total. The lowest BCUT2D eigenvalue weighted by molar-refractivity contribution is -0.0456. The maximum Gasteiger partial charge on any atom is 0.115 e. The second-order valence-corrected chi connectivity index (χ2v) is 7.20. The van der Waals surface area contributed by atoms with Crippen molar-refractivity contribution in [2.75, 3.05) is 13.1 Å². The topological polar surface area (TPSA) is 63.9 Å². The highest BCUT2D eigenvalue weighted by atomic mass is 16.3. The van der Waals surface area contributed by atoms with Gasteiger partial charge in [-0.15, -0.1) is 0 Å². The number of piperidine rings is 1. The van der Waals surface area contributed by atoms with Crippen LogP contribution in [0.15, 0.2) is 54.6 Å². The number of phenols is 1. The molecule has 2 aromatic carbocycles. The predicted octanol–water partition coefficient (Wildman–Crippen LogP) is 2.88. The number of hydrogen-bond acceptors (Lipinski definition) is 4. The molecule has 1 heterocycles. The predicted molar refractivity (Wildman–Crippen MR) is 98.4 cm³/mol. The Bertz CT molecular complexity index is 663. The molecule has 25 heavy (non-hydrogen) atoms. The molecular formula is C21H27NO3. The maximum absolute atomic E-state index is 10.9. The van der Waals surface area contributed by atoms with Gasteiger partial charge in [0.1, 0.15) is 5.75 Å². The molecule has 0 saturated carbocycles. The van der Waals surface area contributed by atoms with Crippen LogP contribution in [0.1, 0.15) is 37.0 Å². The minimum Gasteiger partial charge on any atom is -0.508 e. The molecule has 134 valence electrons. The summed E-state index contributed by atoms with van der Waals surface area (Å²) in [7, 11) is 0. The fraction of sp³-hybridized carbons (Fsp3) is 0.429. The summed E-state index contributed by atoms with van der Waals surface area (Å²) < 4.78 is 0. The van der Waals surface area contributed by atoms with E-state index >= 15 is 0 Å². The Morgan fingerprint density at radius 3 is 2.20 bits per heavy atom. The summed E-state index contributed by atoms with van der Waals surface area (Å²) in [6, 6.07) is 16.8. The molecule has 0 aliphatic carbocycles. The molecule has 1 fully saturated rings. The second-order valence-electron chi connectivity index (χ2n) is 7.20. The van der Waals surface area contributed by atoms with Crippen molar-refractivity contribution in [3.63, 3.8) is 0 Å². The van der Waals surface area contributed by atoms with Crippen LogP contribution in [0.4, 0.5) is 0 Å². The van der Waals surface area contributed by atoms with Crippen LogP contribution in [0.2, 0.25) is 0 Å². The van der Waals surface area contributed by atoms with Crippen LogP contribution in [-0.2, 0) is 6.42 Å². The van der Waals surface area contributed by atoms with Gasteiger partial charge in [0.15, 0.2) is 0 Å². The molecule has 0 bridgehead atoms. The van der Waals surface area contributed by atoms with E-state index in [0.717, 1.165) is 24.2 Å². The van der Waals surface area contributed by atoms with E-state index in [1.165, 1.54) is 0 Å². The fourth-order valence-electron chi connectivity index (χ4n) is 3.65. The molecule has 4 heteroatoms. The number of hydrogen-bond donors (Lipinski definition) is 3. The zero-order valence-corrected chi connectivity index (χ0v) is 14.7. The van der Waals surface area contributed by atoms with Crippen LogP contribution in [0.25, 0.3) is 0 Å². The van der Waals surface area contributed by atoms with E-state index < -0.39 is 11.7 Å². The lowest BCUT2D eigenvalue weighted by Crippen LogP contribution is -2.49. The third-order valence-electron chi connectivity index (χ3n) is 5.37. The largest absolute Gasteiger partial charge is 0.508 e. The number of benzene rings is 2. The van der Waals surface area contributed by atoms with Crippen molar-refractivity contribution in [3.05, 3.63) is 65.7 Å². The monoisotopic (exact) mass is 341 g/mol. The first-order valence-electron chi connectivity index (χ1n) is 8.94. The molecule has 0 amide bonds. The Balaban J connectivity index is 1.58. The third-order valence-corrected chi connectivity index (χ3v) is 5.37. The molecule has 1 aliphatic heterocycles. The van der Waals surface area contributed by atoms with E-state index in [9.17, 15) is 15.3 Å². The SMILES string of the molecule is C[C@@H]([C@H](O)c1ccc(O)cc1)N1CCC(O)(Cc2ccccc2)CC1. The van der Waals surface area contributed by atoms with Crippen molar-refractivity contribution in [3.8, 4) is 5.75 Å². The normalized spacial score (nSPS) is 20.1. The molecule has 0 unspecified atom stereocenters. The maximum atomic E-state index is 10.9. The fourth-order valence-corrected chi connectivity index (χ4v) is 3.65. The van der Waals surface area contributed by atoms with Gasteiger partial charge in [-0.25, -0.2) is 0 Å². The highest BCUT2D eigenvalue weighted by Gasteiger charge is 2.35. The van der Waals surface area contributed by atoms with Crippen molar-refractivity contribution in [1.82, 2.24) is 4.90 Å². The average molecular weight is 341 g/mol. The van der Waals surface area contributed by atoms with Crippen molar-refractivity contribution in [1.29, 1.82) is 0 Å². The number of aliphatic hydroxyl groups is 2. The summed E-state index contributed by atoms with van der Waals surface area (Å²) in [5, 5.41) is 30.9. The Morgan fingerprint density at radius 2 is 1.60 bits per heavy atom. The van der Waals surface area contributed by atoms with Gasteiger partial charge in [-0.2, -0.15) is 0 Å². The van der Waals surface area contributed by atoms with Crippen molar-refractivity contribution in [2.45, 2.75) is 43.9 Å². The number of aromatic hydroxyl groups is 1. The van der Waals surface area contributed by atoms with Crippen LogP contribution in [-0.4, -0.2) is 45.0 Å². The van der Waals surface area contributed by atoms with Crippen LogP contribution in [0, 0.1) is 0 Å². The summed E-state index contributed by atoms with van der Waals surface area (Å²) in [5.74, 6) is 0.201. The van der Waals surface area contributed by atoms with Gasteiger partial charge >= 0.3 is 0 Å². The number of rotatable bonds is 5. The molecule has 4 nitrogen and oxygen atoms in total. The van der Waals surface area contributed by atoms with Gasteiger partial charge in [0.2, 0.25) is 0 Å². The van der Waals surface area contributed by atoms with Gasteiger partial charge in [-0.3, -0.25) is 4.90 Å². The molecule has 0 aromatic heterocycles. The average Bonchev–Trinajstić information content (AvgIpc) is 2.62. The van der Waals surface area contributed by atoms with Gasteiger partial charge in [-0.1, -0.05) is 42.5 Å². The van der Waals surface area contributed by atoms with E-state index in [4.69, 9.17) is 0 Å². The van der Waals surface area contributed by atoms with Crippen molar-refractivity contribution < 1.29 is 15.3 Å². The van der Waals surface area contributed by atoms with Gasteiger partial charge in [0.05, 0.1) is 11.7 Å². The molecule has 2 aromatic rings. The summed E-state index contributed by atoms with van der Waals surface area (Å²) in [5.41, 5.74) is 1.30. The van der Waals surface area contributed by atoms with Crippen LogP contribution >= 0.6 is 0 Å². The molecule has 1 aliphatic rings. The quantitative estimate of drug-likeness (QED) is 0.782. The Hall–Kier alpha value is -1.88. The van der Waals surface area contributed by atoms with Gasteiger partial charge < -0.3 is 15.3 Å². The lowest BCUT2D eigenvalue weighted by atomic mass is 9.84. The first-order valence-corrected chi connectivity index (χ1v) is 8.94. The highest BCUT2D eigenvalue weighted by Crippen LogP contribution is 2.30. The lowest BCUT2D eigenvalue weighted by Gasteiger charge is -2.42. The minimum atomic E-state index is -0.666. The van der Waals surface area contributed by atoms with Crippen LogP contribution < -0.4 is 0 Å². The number of nitrogens with zero attached hydrogens (tertiary/aromatic N) is 1. The van der Waals surface area contributed by atoms with E-state index in [-0.39, 0.29) is 11.8 Å². The summed E-state index contributed by atoms with van der Waals surface area (Å²) >= 11 is 0. The highest BCUT2D eigenvalue weighted by molar-refractivity contribution is 5.28.